The lowest BCUT2D eigenvalue weighted by molar-refractivity contribution is -0.0493. The Labute approximate surface area is 156 Å². The van der Waals surface area contributed by atoms with Gasteiger partial charge in [-0.1, -0.05) is 18.2 Å². The number of ether oxygens (including phenoxy) is 3. The van der Waals surface area contributed by atoms with E-state index in [4.69, 9.17) is 9.47 Å². The van der Waals surface area contributed by atoms with Crippen LogP contribution in [0.4, 0.5) is 19.3 Å². The fraction of sp³-hybridized carbons (Fsp3) is 0.316. The molecule has 2 N–H and O–H groups in total. The fourth-order valence-corrected chi connectivity index (χ4v) is 2.51. The second-order valence-corrected chi connectivity index (χ2v) is 5.65. The highest BCUT2D eigenvalue weighted by Gasteiger charge is 2.14. The van der Waals surface area contributed by atoms with Crippen molar-refractivity contribution in [2.45, 2.75) is 20.0 Å². The van der Waals surface area contributed by atoms with Gasteiger partial charge in [0.05, 0.1) is 19.9 Å². The smallest absolute Gasteiger partial charge is 0.387 e. The van der Waals surface area contributed by atoms with Crippen LogP contribution in [0, 0.1) is 6.92 Å². The number of amides is 2. The van der Waals surface area contributed by atoms with Crippen molar-refractivity contribution in [3.8, 4) is 17.2 Å². The number of hydrogen-bond acceptors (Lipinski definition) is 4. The van der Waals surface area contributed by atoms with Gasteiger partial charge in [-0.15, -0.1) is 0 Å². The predicted octanol–water partition coefficient (Wildman–Crippen LogP) is 3.98. The summed E-state index contributed by atoms with van der Waals surface area (Å²) >= 11 is 0. The highest BCUT2D eigenvalue weighted by atomic mass is 19.3. The number of halogens is 2. The van der Waals surface area contributed by atoms with E-state index in [0.717, 1.165) is 5.56 Å². The summed E-state index contributed by atoms with van der Waals surface area (Å²) in [5.41, 5.74) is 1.77. The Bertz CT molecular complexity index is 784. The Morgan fingerprint density at radius 1 is 1.07 bits per heavy atom. The molecule has 0 spiro atoms. The Morgan fingerprint density at radius 3 is 2.48 bits per heavy atom. The predicted molar refractivity (Wildman–Crippen MR) is 98.1 cm³/mol. The standard InChI is InChI=1S/C19H22F2N2O4/c1-12-5-4-6-15(27-18(20)21)17(12)23-19(24)22-10-9-13-7-8-14(25-2)16(11-13)26-3/h4-8,11,18H,9-10H2,1-3H3,(H2,22,23,24). The number of alkyl halides is 2. The lowest BCUT2D eigenvalue weighted by Crippen LogP contribution is -2.31. The minimum absolute atomic E-state index is 0.0833. The second kappa shape index (κ2) is 9.61. The van der Waals surface area contributed by atoms with Gasteiger partial charge in [0.25, 0.3) is 0 Å². The van der Waals surface area contributed by atoms with Crippen molar-refractivity contribution in [1.82, 2.24) is 5.32 Å². The average Bonchev–Trinajstić information content (AvgIpc) is 2.64. The Hall–Kier alpha value is -3.03. The van der Waals surface area contributed by atoms with Crippen molar-refractivity contribution in [2.75, 3.05) is 26.1 Å². The van der Waals surface area contributed by atoms with Crippen molar-refractivity contribution >= 4 is 11.7 Å². The number of urea groups is 1. The maximum Gasteiger partial charge on any atom is 0.387 e. The van der Waals surface area contributed by atoms with Crippen LogP contribution in [0.3, 0.4) is 0 Å². The molecule has 0 aromatic heterocycles. The second-order valence-electron chi connectivity index (χ2n) is 5.65. The van der Waals surface area contributed by atoms with E-state index < -0.39 is 12.6 Å². The molecule has 0 aliphatic heterocycles. The molecule has 0 aliphatic carbocycles. The zero-order chi connectivity index (χ0) is 19.8. The molecule has 0 aliphatic rings. The minimum atomic E-state index is -2.97. The maximum absolute atomic E-state index is 12.5. The number of carbonyl (C=O) groups excluding carboxylic acids is 1. The summed E-state index contributed by atoms with van der Waals surface area (Å²) < 4.78 is 39.9. The van der Waals surface area contributed by atoms with Crippen molar-refractivity contribution in [2.24, 2.45) is 0 Å². The van der Waals surface area contributed by atoms with Crippen molar-refractivity contribution in [1.29, 1.82) is 0 Å². The SMILES string of the molecule is COc1ccc(CCNC(=O)Nc2c(C)cccc2OC(F)F)cc1OC. The number of rotatable bonds is 8. The van der Waals surface area contributed by atoms with E-state index in [1.165, 1.54) is 6.07 Å². The van der Waals surface area contributed by atoms with E-state index in [1.807, 2.05) is 12.1 Å². The summed E-state index contributed by atoms with van der Waals surface area (Å²) in [5.74, 6) is 1.14. The zero-order valence-electron chi connectivity index (χ0n) is 15.3. The van der Waals surface area contributed by atoms with Crippen LogP contribution < -0.4 is 24.8 Å². The van der Waals surface area contributed by atoms with Gasteiger partial charge in [-0.05, 0) is 42.7 Å². The molecule has 2 amide bonds. The average molecular weight is 380 g/mol. The molecule has 0 saturated carbocycles. The van der Waals surface area contributed by atoms with Crippen LogP contribution >= 0.6 is 0 Å². The Kier molecular flexibility index (Phi) is 7.22. The van der Waals surface area contributed by atoms with Gasteiger partial charge >= 0.3 is 12.6 Å². The minimum Gasteiger partial charge on any atom is -0.493 e. The number of para-hydroxylation sites is 1. The molecule has 0 bridgehead atoms. The van der Waals surface area contributed by atoms with Crippen molar-refractivity contribution < 1.29 is 27.8 Å². The van der Waals surface area contributed by atoms with Gasteiger partial charge in [0, 0.05) is 6.54 Å². The summed E-state index contributed by atoms with van der Waals surface area (Å²) in [5, 5.41) is 5.25. The van der Waals surface area contributed by atoms with Gasteiger partial charge in [-0.25, -0.2) is 4.79 Å². The highest BCUT2D eigenvalue weighted by molar-refractivity contribution is 5.91. The third-order valence-corrected chi connectivity index (χ3v) is 3.84. The number of anilines is 1. The number of hydrogen-bond donors (Lipinski definition) is 2. The largest absolute Gasteiger partial charge is 0.493 e. The van der Waals surface area contributed by atoms with Crippen LogP contribution in [0.5, 0.6) is 17.2 Å². The van der Waals surface area contributed by atoms with E-state index in [9.17, 15) is 13.6 Å². The third kappa shape index (κ3) is 5.73. The first-order chi connectivity index (χ1) is 12.9. The molecule has 2 aromatic rings. The molecule has 2 aromatic carbocycles. The van der Waals surface area contributed by atoms with Gasteiger partial charge in [0.15, 0.2) is 11.5 Å². The summed E-state index contributed by atoms with van der Waals surface area (Å²) in [6, 6.07) is 9.62. The summed E-state index contributed by atoms with van der Waals surface area (Å²) in [4.78, 5) is 12.1. The fourth-order valence-electron chi connectivity index (χ4n) is 2.51. The number of methoxy groups -OCH3 is 2. The monoisotopic (exact) mass is 380 g/mol. The number of benzene rings is 2. The lowest BCUT2D eigenvalue weighted by atomic mass is 10.1. The Balaban J connectivity index is 1.94. The Morgan fingerprint density at radius 2 is 1.81 bits per heavy atom. The molecule has 6 nitrogen and oxygen atoms in total. The van der Waals surface area contributed by atoms with Crippen LogP contribution in [0.1, 0.15) is 11.1 Å². The molecule has 0 saturated heterocycles. The normalized spacial score (nSPS) is 10.4. The van der Waals surface area contributed by atoms with Crippen LogP contribution in [-0.4, -0.2) is 33.4 Å². The first kappa shape index (κ1) is 20.3. The van der Waals surface area contributed by atoms with Gasteiger partial charge < -0.3 is 24.8 Å². The molecule has 27 heavy (non-hydrogen) atoms. The highest BCUT2D eigenvalue weighted by Crippen LogP contribution is 2.29. The number of carbonyl (C=O) groups is 1. The molecular formula is C19H22F2N2O4. The van der Waals surface area contributed by atoms with Gasteiger partial charge in [0.2, 0.25) is 0 Å². The zero-order valence-corrected chi connectivity index (χ0v) is 15.3. The number of nitrogens with one attached hydrogen (secondary N) is 2. The number of aryl methyl sites for hydroxylation is 1. The van der Waals surface area contributed by atoms with Crippen LogP contribution in [0.15, 0.2) is 36.4 Å². The van der Waals surface area contributed by atoms with Gasteiger partial charge in [0.1, 0.15) is 5.75 Å². The van der Waals surface area contributed by atoms with Gasteiger partial charge in [-0.2, -0.15) is 8.78 Å². The molecule has 8 heteroatoms. The topological polar surface area (TPSA) is 68.8 Å². The maximum atomic E-state index is 12.5. The molecule has 0 atom stereocenters. The molecule has 2 rings (SSSR count). The van der Waals surface area contributed by atoms with Crippen LogP contribution in [-0.2, 0) is 6.42 Å². The molecular weight excluding hydrogens is 358 g/mol. The molecule has 0 radical (unpaired) electrons. The van der Waals surface area contributed by atoms with Crippen molar-refractivity contribution in [3.05, 3.63) is 47.5 Å². The summed E-state index contributed by atoms with van der Waals surface area (Å²) in [7, 11) is 3.11. The van der Waals surface area contributed by atoms with Crippen LogP contribution in [0.2, 0.25) is 0 Å². The third-order valence-electron chi connectivity index (χ3n) is 3.84. The molecule has 0 fully saturated rings. The van der Waals surface area contributed by atoms with Crippen LogP contribution in [0.25, 0.3) is 0 Å². The van der Waals surface area contributed by atoms with Crippen molar-refractivity contribution in [3.63, 3.8) is 0 Å². The van der Waals surface area contributed by atoms with E-state index >= 15 is 0 Å². The van der Waals surface area contributed by atoms with E-state index in [-0.39, 0.29) is 11.4 Å². The van der Waals surface area contributed by atoms with E-state index in [2.05, 4.69) is 15.4 Å². The lowest BCUT2D eigenvalue weighted by Gasteiger charge is -2.15. The first-order valence-corrected chi connectivity index (χ1v) is 8.24. The molecule has 146 valence electrons. The molecule has 0 unspecified atom stereocenters. The quantitative estimate of drug-likeness (QED) is 0.727. The summed E-state index contributed by atoms with van der Waals surface area (Å²) in [6.45, 7) is -0.934. The van der Waals surface area contributed by atoms with Gasteiger partial charge in [-0.3, -0.25) is 0 Å². The molecule has 0 heterocycles. The summed E-state index contributed by atoms with van der Waals surface area (Å²) in [6.07, 6.45) is 0.557. The van der Waals surface area contributed by atoms with E-state index in [1.54, 1.807) is 39.3 Å². The first-order valence-electron chi connectivity index (χ1n) is 8.24. The van der Waals surface area contributed by atoms with E-state index in [0.29, 0.717) is 30.0 Å².